The number of anilines is 1. The number of carbonyl (C=O) groups excluding carboxylic acids is 1. The van der Waals surface area contributed by atoms with Crippen LogP contribution in [0.3, 0.4) is 0 Å². The number of halogens is 1. The van der Waals surface area contributed by atoms with E-state index in [-0.39, 0.29) is 10.8 Å². The summed E-state index contributed by atoms with van der Waals surface area (Å²) < 4.78 is 23.3. The molecule has 1 rings (SSSR count). The summed E-state index contributed by atoms with van der Waals surface area (Å²) >= 11 is 3.25. The van der Waals surface area contributed by atoms with Gasteiger partial charge in [-0.25, -0.2) is 13.6 Å². The molecule has 20 heavy (non-hydrogen) atoms. The molecule has 1 aromatic rings. The van der Waals surface area contributed by atoms with Crippen LogP contribution in [0.25, 0.3) is 0 Å². The zero-order chi connectivity index (χ0) is 15.5. The molecule has 1 unspecified atom stereocenters. The minimum Gasteiger partial charge on any atom is -0.325 e. The van der Waals surface area contributed by atoms with Crippen molar-refractivity contribution in [2.45, 2.75) is 38.5 Å². The van der Waals surface area contributed by atoms with Gasteiger partial charge in [0, 0.05) is 10.9 Å². The molecule has 0 saturated heterocycles. The Bertz CT molecular complexity index is 614. The van der Waals surface area contributed by atoms with Gasteiger partial charge in [-0.05, 0) is 46.5 Å². The number of amides is 1. The molecule has 0 bridgehead atoms. The smallest absolute Gasteiger partial charge is 0.238 e. The Hall–Kier alpha value is -0.920. The normalized spacial score (nSPS) is 13.1. The molecule has 1 aromatic carbocycles. The predicted molar refractivity (Wildman–Crippen MR) is 83.0 cm³/mol. The summed E-state index contributed by atoms with van der Waals surface area (Å²) in [5, 5.41) is 7.90. The van der Waals surface area contributed by atoms with Crippen LogP contribution in [0.15, 0.2) is 21.5 Å². The third-order valence-electron chi connectivity index (χ3n) is 3.08. The molecular weight excluding hydrogens is 344 g/mol. The van der Waals surface area contributed by atoms with Crippen LogP contribution in [0.4, 0.5) is 5.69 Å². The van der Waals surface area contributed by atoms with E-state index in [1.807, 2.05) is 13.8 Å². The van der Waals surface area contributed by atoms with Crippen molar-refractivity contribution in [3.8, 4) is 0 Å². The molecule has 3 N–H and O–H groups in total. The van der Waals surface area contributed by atoms with Crippen molar-refractivity contribution in [2.75, 3.05) is 5.32 Å². The SMILES string of the molecule is CCC(C)CC(=O)Nc1cc(C)c(S(N)(=O)=O)cc1Br. The molecule has 1 amide bonds. The number of primary sulfonamides is 1. The van der Waals surface area contributed by atoms with Gasteiger partial charge in [-0.1, -0.05) is 20.3 Å². The van der Waals surface area contributed by atoms with Gasteiger partial charge in [-0.2, -0.15) is 0 Å². The van der Waals surface area contributed by atoms with Gasteiger partial charge >= 0.3 is 0 Å². The molecule has 1 atom stereocenters. The van der Waals surface area contributed by atoms with E-state index in [9.17, 15) is 13.2 Å². The highest BCUT2D eigenvalue weighted by atomic mass is 79.9. The van der Waals surface area contributed by atoms with E-state index in [0.29, 0.717) is 28.1 Å². The van der Waals surface area contributed by atoms with E-state index in [4.69, 9.17) is 5.14 Å². The number of carbonyl (C=O) groups is 1. The highest BCUT2D eigenvalue weighted by Gasteiger charge is 2.16. The average Bonchev–Trinajstić information content (AvgIpc) is 2.31. The fourth-order valence-electron chi connectivity index (χ4n) is 1.73. The van der Waals surface area contributed by atoms with Gasteiger partial charge < -0.3 is 5.32 Å². The lowest BCUT2D eigenvalue weighted by atomic mass is 10.0. The Labute approximate surface area is 128 Å². The number of rotatable bonds is 5. The number of aryl methyl sites for hydroxylation is 1. The van der Waals surface area contributed by atoms with Crippen molar-refractivity contribution in [3.63, 3.8) is 0 Å². The van der Waals surface area contributed by atoms with Gasteiger partial charge in [0.25, 0.3) is 0 Å². The summed E-state index contributed by atoms with van der Waals surface area (Å²) in [4.78, 5) is 11.9. The summed E-state index contributed by atoms with van der Waals surface area (Å²) in [5.74, 6) is 0.210. The predicted octanol–water partition coefficient (Wildman–Crippen LogP) is 2.78. The highest BCUT2D eigenvalue weighted by molar-refractivity contribution is 9.10. The Balaban J connectivity index is 2.99. The van der Waals surface area contributed by atoms with E-state index >= 15 is 0 Å². The zero-order valence-corrected chi connectivity index (χ0v) is 14.1. The molecular formula is C13H19BrN2O3S. The van der Waals surface area contributed by atoms with Crippen LogP contribution in [-0.4, -0.2) is 14.3 Å². The number of hydrogen-bond acceptors (Lipinski definition) is 3. The van der Waals surface area contributed by atoms with Crippen LogP contribution >= 0.6 is 15.9 Å². The first-order chi connectivity index (χ1) is 9.15. The fraction of sp³-hybridized carbons (Fsp3) is 0.462. The average molecular weight is 363 g/mol. The van der Waals surface area contributed by atoms with Crippen LogP contribution < -0.4 is 10.5 Å². The number of nitrogens with two attached hydrogens (primary N) is 1. The van der Waals surface area contributed by atoms with E-state index < -0.39 is 10.0 Å². The number of benzene rings is 1. The second kappa shape index (κ2) is 6.69. The summed E-state index contributed by atoms with van der Waals surface area (Å²) in [6.07, 6.45) is 1.36. The maximum atomic E-state index is 11.9. The molecule has 0 saturated carbocycles. The lowest BCUT2D eigenvalue weighted by Gasteiger charge is -2.13. The third kappa shape index (κ3) is 4.57. The minimum atomic E-state index is -3.77. The van der Waals surface area contributed by atoms with Crippen molar-refractivity contribution in [2.24, 2.45) is 11.1 Å². The fourth-order valence-corrected chi connectivity index (χ4v) is 3.11. The van der Waals surface area contributed by atoms with Gasteiger partial charge in [0.1, 0.15) is 0 Å². The second-order valence-corrected chi connectivity index (χ2v) is 7.29. The Kier molecular flexibility index (Phi) is 5.73. The first-order valence-corrected chi connectivity index (χ1v) is 8.61. The first kappa shape index (κ1) is 17.1. The largest absolute Gasteiger partial charge is 0.325 e. The highest BCUT2D eigenvalue weighted by Crippen LogP contribution is 2.28. The second-order valence-electron chi connectivity index (χ2n) is 4.91. The Morgan fingerprint density at radius 3 is 2.55 bits per heavy atom. The van der Waals surface area contributed by atoms with Crippen LogP contribution in [-0.2, 0) is 14.8 Å². The van der Waals surface area contributed by atoms with Crippen molar-refractivity contribution in [3.05, 3.63) is 22.2 Å². The quantitative estimate of drug-likeness (QED) is 0.843. The van der Waals surface area contributed by atoms with Crippen molar-refractivity contribution in [1.82, 2.24) is 0 Å². The van der Waals surface area contributed by atoms with E-state index in [2.05, 4.69) is 21.2 Å². The topological polar surface area (TPSA) is 89.3 Å². The summed E-state index contributed by atoms with van der Waals surface area (Å²) in [5.41, 5.74) is 1.04. The maximum Gasteiger partial charge on any atom is 0.238 e. The van der Waals surface area contributed by atoms with E-state index in [1.165, 1.54) is 6.07 Å². The van der Waals surface area contributed by atoms with E-state index in [1.54, 1.807) is 13.0 Å². The Morgan fingerprint density at radius 1 is 1.45 bits per heavy atom. The number of sulfonamides is 1. The minimum absolute atomic E-state index is 0.0456. The van der Waals surface area contributed by atoms with Gasteiger partial charge in [-0.15, -0.1) is 0 Å². The van der Waals surface area contributed by atoms with Crippen molar-refractivity contribution in [1.29, 1.82) is 0 Å². The standard InChI is InChI=1S/C13H19BrN2O3S/c1-4-8(2)5-13(17)16-11-6-9(3)12(7-10(11)14)20(15,18)19/h6-8H,4-5H2,1-3H3,(H,16,17)(H2,15,18,19). The lowest BCUT2D eigenvalue weighted by Crippen LogP contribution is -2.17. The molecule has 112 valence electrons. The monoisotopic (exact) mass is 362 g/mol. The van der Waals surface area contributed by atoms with Crippen LogP contribution in [0.2, 0.25) is 0 Å². The molecule has 0 fully saturated rings. The summed E-state index contributed by atoms with van der Waals surface area (Å²) in [7, 11) is -3.77. The molecule has 7 heteroatoms. The van der Waals surface area contributed by atoms with Gasteiger partial charge in [0.2, 0.25) is 15.9 Å². The molecule has 0 aromatic heterocycles. The van der Waals surface area contributed by atoms with Gasteiger partial charge in [0.05, 0.1) is 10.6 Å². The van der Waals surface area contributed by atoms with Gasteiger partial charge in [0.15, 0.2) is 0 Å². The molecule has 0 aliphatic heterocycles. The summed E-state index contributed by atoms with van der Waals surface area (Å²) in [6, 6.07) is 3.00. The molecule has 0 radical (unpaired) electrons. The van der Waals surface area contributed by atoms with Crippen LogP contribution in [0.1, 0.15) is 32.3 Å². The summed E-state index contributed by atoms with van der Waals surface area (Å²) in [6.45, 7) is 5.67. The van der Waals surface area contributed by atoms with Crippen molar-refractivity contribution >= 4 is 37.5 Å². The Morgan fingerprint density at radius 2 is 2.05 bits per heavy atom. The number of hydrogen-bond donors (Lipinski definition) is 2. The molecule has 0 spiro atoms. The van der Waals surface area contributed by atoms with Gasteiger partial charge in [-0.3, -0.25) is 4.79 Å². The zero-order valence-electron chi connectivity index (χ0n) is 11.7. The molecule has 5 nitrogen and oxygen atoms in total. The third-order valence-corrected chi connectivity index (χ3v) is 4.78. The first-order valence-electron chi connectivity index (χ1n) is 6.28. The molecule has 0 heterocycles. The van der Waals surface area contributed by atoms with E-state index in [0.717, 1.165) is 6.42 Å². The molecule has 0 aliphatic carbocycles. The number of nitrogens with one attached hydrogen (secondary N) is 1. The molecule has 0 aliphatic rings. The van der Waals surface area contributed by atoms with Crippen LogP contribution in [0.5, 0.6) is 0 Å². The maximum absolute atomic E-state index is 11.9. The van der Waals surface area contributed by atoms with Crippen molar-refractivity contribution < 1.29 is 13.2 Å². The van der Waals surface area contributed by atoms with Crippen LogP contribution in [0, 0.1) is 12.8 Å². The lowest BCUT2D eigenvalue weighted by molar-refractivity contribution is -0.117.